The van der Waals surface area contributed by atoms with Crippen LogP contribution >= 0.6 is 11.3 Å². The van der Waals surface area contributed by atoms with Gasteiger partial charge in [-0.15, -0.1) is 11.3 Å². The quantitative estimate of drug-likeness (QED) is 0.827. The van der Waals surface area contributed by atoms with Crippen molar-refractivity contribution in [1.82, 2.24) is 4.98 Å². The topological polar surface area (TPSA) is 91.2 Å². The maximum absolute atomic E-state index is 12.1. The van der Waals surface area contributed by atoms with Crippen LogP contribution in [0, 0.1) is 6.92 Å². The van der Waals surface area contributed by atoms with Crippen LogP contribution in [-0.4, -0.2) is 14.7 Å². The van der Waals surface area contributed by atoms with Crippen LogP contribution in [0.15, 0.2) is 18.5 Å². The van der Waals surface area contributed by atoms with E-state index in [0.29, 0.717) is 15.5 Å². The van der Waals surface area contributed by atoms with Crippen LogP contribution in [0.2, 0.25) is 0 Å². The van der Waals surface area contributed by atoms with Crippen LogP contribution in [0.5, 0.6) is 5.88 Å². The van der Waals surface area contributed by atoms with Crippen molar-refractivity contribution in [2.75, 3.05) is 0 Å². The van der Waals surface area contributed by atoms with Crippen LogP contribution in [0.4, 0.5) is 13.2 Å². The molecule has 0 bridgehead atoms. The Hall–Kier alpha value is -1.55. The summed E-state index contributed by atoms with van der Waals surface area (Å²) in [6.07, 6.45) is 3.85. The summed E-state index contributed by atoms with van der Waals surface area (Å²) in [6, 6.07) is 0. The summed E-state index contributed by atoms with van der Waals surface area (Å²) < 4.78 is 51.4. The molecular weight excluding hydrogens is 303 g/mol. The number of aromatic nitrogens is 1. The van der Waals surface area contributed by atoms with Gasteiger partial charge in [-0.2, -0.15) is 13.2 Å². The molecular formula is C9H10F3N3O2S2. The number of hydrogen-bond donors (Lipinski definition) is 2. The molecule has 1 unspecified atom stereocenters. The Labute approximate surface area is 113 Å². The molecule has 0 aliphatic carbocycles. The van der Waals surface area contributed by atoms with E-state index < -0.39 is 16.6 Å². The highest BCUT2D eigenvalue weighted by molar-refractivity contribution is 7.81. The molecule has 0 amide bonds. The van der Waals surface area contributed by atoms with E-state index in [1.807, 2.05) is 0 Å². The van der Waals surface area contributed by atoms with Crippen molar-refractivity contribution in [3.63, 3.8) is 0 Å². The summed E-state index contributed by atoms with van der Waals surface area (Å²) in [5, 5.41) is 0.316. The van der Waals surface area contributed by atoms with E-state index >= 15 is 0 Å². The van der Waals surface area contributed by atoms with Gasteiger partial charge in [-0.1, -0.05) is 0 Å². The van der Waals surface area contributed by atoms with Crippen molar-refractivity contribution in [3.05, 3.63) is 28.4 Å². The molecule has 1 aromatic rings. The second kappa shape index (κ2) is 6.06. The zero-order valence-electron chi connectivity index (χ0n) is 9.60. The van der Waals surface area contributed by atoms with Crippen molar-refractivity contribution in [2.45, 2.75) is 12.4 Å². The molecule has 1 heterocycles. The van der Waals surface area contributed by atoms with Gasteiger partial charge in [0.2, 0.25) is 5.88 Å². The average molecular weight is 313 g/mol. The van der Waals surface area contributed by atoms with Gasteiger partial charge in [0, 0.05) is 11.8 Å². The Kier molecular flexibility index (Phi) is 4.95. The highest BCUT2D eigenvalue weighted by Crippen LogP contribution is 2.31. The number of allylic oxidation sites excluding steroid dienone is 2. The molecule has 1 aromatic heterocycles. The second-order valence-electron chi connectivity index (χ2n) is 3.13. The Morgan fingerprint density at radius 1 is 1.47 bits per heavy atom. The van der Waals surface area contributed by atoms with Gasteiger partial charge in [0.25, 0.3) is 0 Å². The summed E-state index contributed by atoms with van der Waals surface area (Å²) in [6.45, 7) is 1.49. The summed E-state index contributed by atoms with van der Waals surface area (Å²) in [7, 11) is 0. The van der Waals surface area contributed by atoms with E-state index in [2.05, 4.69) is 9.17 Å². The molecule has 1 rings (SSSR count). The minimum Gasteiger partial charge on any atom is -0.405 e. The van der Waals surface area contributed by atoms with Gasteiger partial charge >= 0.3 is 16.6 Å². The predicted molar refractivity (Wildman–Crippen MR) is 67.2 cm³/mol. The van der Waals surface area contributed by atoms with Crippen molar-refractivity contribution >= 4 is 28.0 Å². The first-order chi connectivity index (χ1) is 8.79. The lowest BCUT2D eigenvalue weighted by Crippen LogP contribution is -2.21. The van der Waals surface area contributed by atoms with Gasteiger partial charge in [0.15, 0.2) is 0 Å². The van der Waals surface area contributed by atoms with Crippen LogP contribution in [0.3, 0.4) is 0 Å². The van der Waals surface area contributed by atoms with Crippen LogP contribution in [0.1, 0.15) is 9.88 Å². The molecule has 0 saturated carbocycles. The molecule has 1 atom stereocenters. The summed E-state index contributed by atoms with van der Waals surface area (Å²) >= 11 is -2.41. The maximum Gasteiger partial charge on any atom is 0.508 e. The predicted octanol–water partition coefficient (Wildman–Crippen LogP) is 1.79. The fourth-order valence-electron chi connectivity index (χ4n) is 1.00. The summed E-state index contributed by atoms with van der Waals surface area (Å²) in [5.74, 6) is -0.347. The molecule has 5 nitrogen and oxygen atoms in total. The van der Waals surface area contributed by atoms with E-state index in [-0.39, 0.29) is 5.88 Å². The van der Waals surface area contributed by atoms with Crippen molar-refractivity contribution in [1.29, 1.82) is 0 Å². The van der Waals surface area contributed by atoms with E-state index in [1.165, 1.54) is 25.4 Å². The van der Waals surface area contributed by atoms with E-state index in [0.717, 1.165) is 11.3 Å². The Balaban J connectivity index is 3.01. The molecule has 0 saturated heterocycles. The third-order valence-corrected chi connectivity index (χ3v) is 3.49. The van der Waals surface area contributed by atoms with Crippen molar-refractivity contribution in [3.8, 4) is 5.88 Å². The summed E-state index contributed by atoms with van der Waals surface area (Å²) in [4.78, 5) is 4.15. The maximum atomic E-state index is 12.1. The second-order valence-corrected chi connectivity index (χ2v) is 5.43. The smallest absolute Gasteiger partial charge is 0.405 e. The van der Waals surface area contributed by atoms with Crippen molar-refractivity contribution in [2.24, 2.45) is 11.5 Å². The summed E-state index contributed by atoms with van der Waals surface area (Å²) in [5.41, 5.74) is 6.00. The lowest BCUT2D eigenvalue weighted by Gasteiger charge is -2.05. The lowest BCUT2D eigenvalue weighted by molar-refractivity contribution is -0.0438. The fraction of sp³-hybridized carbons (Fsp3) is 0.222. The molecule has 0 fully saturated rings. The minimum atomic E-state index is -4.96. The van der Waals surface area contributed by atoms with Crippen LogP contribution in [-0.2, 0) is 11.1 Å². The molecule has 0 radical (unpaired) electrons. The number of alkyl halides is 3. The lowest BCUT2D eigenvalue weighted by atomic mass is 10.3. The van der Waals surface area contributed by atoms with Gasteiger partial charge in [-0.3, -0.25) is 0 Å². The molecule has 0 aliphatic heterocycles. The Bertz CT molecular complexity index is 537. The van der Waals surface area contributed by atoms with Crippen LogP contribution in [0.25, 0.3) is 5.57 Å². The molecule has 10 heteroatoms. The van der Waals surface area contributed by atoms with Gasteiger partial charge in [-0.25, -0.2) is 9.19 Å². The minimum absolute atomic E-state index is 0.316. The number of nitrogens with two attached hydrogens (primary N) is 2. The standard InChI is InChI=1S/C9H10F3N3O2S2/c1-5-7(17-19(16)9(10,11)12)15-8(18-5)6(4-14)2-3-13/h2-4H,13-14H2,1H3/b3-2-,6-4+. The fourth-order valence-corrected chi connectivity index (χ4v) is 2.30. The van der Waals surface area contributed by atoms with Gasteiger partial charge in [-0.05, 0) is 19.2 Å². The van der Waals surface area contributed by atoms with Gasteiger partial charge in [0.05, 0.1) is 4.88 Å². The first kappa shape index (κ1) is 15.5. The van der Waals surface area contributed by atoms with E-state index in [9.17, 15) is 17.4 Å². The molecule has 0 spiro atoms. The average Bonchev–Trinajstić information content (AvgIpc) is 2.66. The van der Waals surface area contributed by atoms with E-state index in [1.54, 1.807) is 0 Å². The Morgan fingerprint density at radius 3 is 2.58 bits per heavy atom. The van der Waals surface area contributed by atoms with Crippen molar-refractivity contribution < 1.29 is 21.6 Å². The molecule has 0 aromatic carbocycles. The normalized spacial score (nSPS) is 14.8. The van der Waals surface area contributed by atoms with Gasteiger partial charge < -0.3 is 15.7 Å². The molecule has 19 heavy (non-hydrogen) atoms. The van der Waals surface area contributed by atoms with Gasteiger partial charge in [0.1, 0.15) is 5.01 Å². The van der Waals surface area contributed by atoms with E-state index in [4.69, 9.17) is 11.5 Å². The molecule has 4 N–H and O–H groups in total. The number of halogens is 3. The largest absolute Gasteiger partial charge is 0.508 e. The number of hydrogen-bond acceptors (Lipinski definition) is 6. The number of aryl methyl sites for hydroxylation is 1. The first-order valence-electron chi connectivity index (χ1n) is 4.74. The first-order valence-corrected chi connectivity index (χ1v) is 6.63. The Morgan fingerprint density at radius 2 is 2.11 bits per heavy atom. The highest BCUT2D eigenvalue weighted by Gasteiger charge is 2.40. The third kappa shape index (κ3) is 3.96. The highest BCUT2D eigenvalue weighted by atomic mass is 32.2. The van der Waals surface area contributed by atoms with Crippen LogP contribution < -0.4 is 15.7 Å². The molecule has 0 aliphatic rings. The third-order valence-electron chi connectivity index (χ3n) is 1.80. The number of nitrogens with zero attached hydrogens (tertiary/aromatic N) is 1. The monoisotopic (exact) mass is 313 g/mol. The number of rotatable bonds is 4. The SMILES string of the molecule is Cc1sc(C(/C=C\N)=C/N)nc1OS(=O)C(F)(F)F. The molecule has 106 valence electrons. The zero-order chi connectivity index (χ0) is 14.6. The zero-order valence-corrected chi connectivity index (χ0v) is 11.2. The number of thiazole rings is 1.